The van der Waals surface area contributed by atoms with Crippen LogP contribution in [0.3, 0.4) is 0 Å². The van der Waals surface area contributed by atoms with Crippen LogP contribution < -0.4 is 4.90 Å². The Kier molecular flexibility index (Phi) is 4.45. The number of thiazole rings is 1. The number of carbonyl (C=O) groups excluding carboxylic acids is 1. The van der Waals surface area contributed by atoms with Gasteiger partial charge in [0.05, 0.1) is 18.7 Å². The summed E-state index contributed by atoms with van der Waals surface area (Å²) in [5.74, 6) is -0.139. The smallest absolute Gasteiger partial charge is 0.306 e. The molecule has 0 unspecified atom stereocenters. The maximum absolute atomic E-state index is 11.3. The Bertz CT molecular complexity index is 442. The van der Waals surface area contributed by atoms with Gasteiger partial charge in [-0.2, -0.15) is 0 Å². The Morgan fingerprint density at radius 1 is 1.58 bits per heavy atom. The van der Waals surface area contributed by atoms with Crippen molar-refractivity contribution in [2.45, 2.75) is 40.0 Å². The molecule has 1 aliphatic heterocycles. The van der Waals surface area contributed by atoms with Crippen LogP contribution in [0.25, 0.3) is 0 Å². The van der Waals surface area contributed by atoms with E-state index in [2.05, 4.69) is 29.1 Å². The summed E-state index contributed by atoms with van der Waals surface area (Å²) in [5.41, 5.74) is 1.38. The highest BCUT2D eigenvalue weighted by Gasteiger charge is 2.30. The molecule has 1 aromatic heterocycles. The topological polar surface area (TPSA) is 42.4 Å². The molecule has 0 amide bonds. The third-order valence-electron chi connectivity index (χ3n) is 3.38. The zero-order valence-electron chi connectivity index (χ0n) is 11.9. The minimum absolute atomic E-state index is 0.139. The van der Waals surface area contributed by atoms with E-state index in [4.69, 9.17) is 4.74 Å². The predicted molar refractivity (Wildman–Crippen MR) is 77.7 cm³/mol. The highest BCUT2D eigenvalue weighted by molar-refractivity contribution is 7.13. The van der Waals surface area contributed by atoms with Crippen LogP contribution in [0.2, 0.25) is 0 Å². The van der Waals surface area contributed by atoms with E-state index in [1.807, 2.05) is 6.92 Å². The van der Waals surface area contributed by atoms with Crippen LogP contribution in [0.1, 0.15) is 39.3 Å². The molecule has 0 spiro atoms. The number of aryl methyl sites for hydroxylation is 1. The van der Waals surface area contributed by atoms with Crippen LogP contribution in [-0.4, -0.2) is 30.6 Å². The van der Waals surface area contributed by atoms with Crippen LogP contribution in [-0.2, 0) is 16.0 Å². The summed E-state index contributed by atoms with van der Waals surface area (Å²) in [5, 5.41) is 3.14. The molecule has 0 N–H and O–H groups in total. The van der Waals surface area contributed by atoms with Crippen molar-refractivity contribution in [3.05, 3.63) is 11.1 Å². The third-order valence-corrected chi connectivity index (χ3v) is 4.33. The van der Waals surface area contributed by atoms with Crippen molar-refractivity contribution in [1.82, 2.24) is 4.98 Å². The molecule has 1 aromatic rings. The van der Waals surface area contributed by atoms with E-state index >= 15 is 0 Å². The number of hydrogen-bond donors (Lipinski definition) is 0. The van der Waals surface area contributed by atoms with Crippen LogP contribution in [0, 0.1) is 5.41 Å². The fourth-order valence-electron chi connectivity index (χ4n) is 2.30. The van der Waals surface area contributed by atoms with Gasteiger partial charge in [0.1, 0.15) is 0 Å². The molecular formula is C14H22N2O2S. The summed E-state index contributed by atoms with van der Waals surface area (Å²) < 4.78 is 4.92. The summed E-state index contributed by atoms with van der Waals surface area (Å²) in [7, 11) is 0. The summed E-state index contributed by atoms with van der Waals surface area (Å²) in [6.45, 7) is 9.01. The largest absolute Gasteiger partial charge is 0.466 e. The number of nitrogens with zero attached hydrogens (tertiary/aromatic N) is 2. The number of ether oxygens (including phenoxy) is 1. The monoisotopic (exact) mass is 282 g/mol. The van der Waals surface area contributed by atoms with Crippen molar-refractivity contribution in [3.63, 3.8) is 0 Å². The summed E-state index contributed by atoms with van der Waals surface area (Å²) in [6.07, 6.45) is 2.31. The average molecular weight is 282 g/mol. The number of anilines is 1. The molecule has 0 atom stereocenters. The molecule has 1 saturated heterocycles. The molecule has 0 bridgehead atoms. The second-order valence-corrected chi connectivity index (χ2v) is 6.60. The Morgan fingerprint density at radius 2 is 2.37 bits per heavy atom. The number of esters is 1. The van der Waals surface area contributed by atoms with Gasteiger partial charge in [0.2, 0.25) is 0 Å². The molecule has 0 aromatic carbocycles. The molecule has 4 nitrogen and oxygen atoms in total. The Morgan fingerprint density at radius 3 is 3.00 bits per heavy atom. The highest BCUT2D eigenvalue weighted by Crippen LogP contribution is 2.33. The lowest BCUT2D eigenvalue weighted by Gasteiger charge is -2.18. The second-order valence-electron chi connectivity index (χ2n) is 5.76. The second kappa shape index (κ2) is 5.90. The van der Waals surface area contributed by atoms with Crippen LogP contribution in [0.5, 0.6) is 0 Å². The Balaban J connectivity index is 1.87. The lowest BCUT2D eigenvalue weighted by molar-refractivity contribution is -0.143. The fraction of sp³-hybridized carbons (Fsp3) is 0.714. The lowest BCUT2D eigenvalue weighted by atomic mass is 9.93. The molecular weight excluding hydrogens is 260 g/mol. The zero-order chi connectivity index (χ0) is 13.9. The van der Waals surface area contributed by atoms with Crippen molar-refractivity contribution >= 4 is 22.4 Å². The van der Waals surface area contributed by atoms with Gasteiger partial charge < -0.3 is 9.64 Å². The Labute approximate surface area is 118 Å². The number of carbonyl (C=O) groups is 1. The van der Waals surface area contributed by atoms with Crippen molar-refractivity contribution in [1.29, 1.82) is 0 Å². The average Bonchev–Trinajstić information content (AvgIpc) is 2.93. The molecule has 5 heteroatoms. The molecule has 0 saturated carbocycles. The first kappa shape index (κ1) is 14.3. The van der Waals surface area contributed by atoms with Gasteiger partial charge in [0.15, 0.2) is 5.13 Å². The molecule has 19 heavy (non-hydrogen) atoms. The minimum atomic E-state index is -0.139. The molecule has 0 aliphatic carbocycles. The normalized spacial score (nSPS) is 17.7. The van der Waals surface area contributed by atoms with Gasteiger partial charge in [-0.3, -0.25) is 4.79 Å². The molecule has 2 heterocycles. The van der Waals surface area contributed by atoms with Crippen LogP contribution in [0.4, 0.5) is 5.13 Å². The van der Waals surface area contributed by atoms with E-state index in [-0.39, 0.29) is 5.97 Å². The lowest BCUT2D eigenvalue weighted by Crippen LogP contribution is -2.22. The Hall–Kier alpha value is -1.10. The third kappa shape index (κ3) is 3.93. The predicted octanol–water partition coefficient (Wildman–Crippen LogP) is 2.88. The van der Waals surface area contributed by atoms with Crippen LogP contribution >= 0.6 is 11.3 Å². The summed E-state index contributed by atoms with van der Waals surface area (Å²) in [6, 6.07) is 0. The summed E-state index contributed by atoms with van der Waals surface area (Å²) >= 11 is 1.68. The van der Waals surface area contributed by atoms with Gasteiger partial charge in [-0.05, 0) is 18.8 Å². The van der Waals surface area contributed by atoms with Gasteiger partial charge >= 0.3 is 5.97 Å². The first-order chi connectivity index (χ1) is 9.00. The molecule has 106 valence electrons. The molecule has 0 radical (unpaired) electrons. The maximum atomic E-state index is 11.3. The maximum Gasteiger partial charge on any atom is 0.306 e. The number of rotatable bonds is 5. The van der Waals surface area contributed by atoms with E-state index in [0.29, 0.717) is 24.9 Å². The van der Waals surface area contributed by atoms with E-state index in [9.17, 15) is 4.79 Å². The minimum Gasteiger partial charge on any atom is -0.466 e. The van der Waals surface area contributed by atoms with E-state index in [0.717, 1.165) is 23.9 Å². The highest BCUT2D eigenvalue weighted by atomic mass is 32.1. The SMILES string of the molecule is CCOC(=O)CCc1csc(N2CCC(C)(C)C2)n1. The quantitative estimate of drug-likeness (QED) is 0.779. The van der Waals surface area contributed by atoms with Gasteiger partial charge in [-0.1, -0.05) is 13.8 Å². The molecule has 1 aliphatic rings. The standard InChI is InChI=1S/C14H22N2O2S/c1-4-18-12(17)6-5-11-9-19-13(15-11)16-8-7-14(2,3)10-16/h9H,4-8,10H2,1-3H3. The van der Waals surface area contributed by atoms with E-state index in [1.54, 1.807) is 11.3 Å². The molecule has 2 rings (SSSR count). The van der Waals surface area contributed by atoms with Crippen molar-refractivity contribution in [3.8, 4) is 0 Å². The van der Waals surface area contributed by atoms with Gasteiger partial charge in [0.25, 0.3) is 0 Å². The zero-order valence-corrected chi connectivity index (χ0v) is 12.8. The van der Waals surface area contributed by atoms with E-state index in [1.165, 1.54) is 6.42 Å². The summed E-state index contributed by atoms with van der Waals surface area (Å²) in [4.78, 5) is 18.3. The van der Waals surface area contributed by atoms with E-state index < -0.39 is 0 Å². The number of hydrogen-bond acceptors (Lipinski definition) is 5. The van der Waals surface area contributed by atoms with Crippen molar-refractivity contribution in [2.24, 2.45) is 5.41 Å². The van der Waals surface area contributed by atoms with Gasteiger partial charge in [-0.15, -0.1) is 11.3 Å². The van der Waals surface area contributed by atoms with Gasteiger partial charge in [0, 0.05) is 24.9 Å². The van der Waals surface area contributed by atoms with Crippen LogP contribution in [0.15, 0.2) is 5.38 Å². The van der Waals surface area contributed by atoms with Crippen molar-refractivity contribution in [2.75, 3.05) is 24.6 Å². The van der Waals surface area contributed by atoms with Gasteiger partial charge in [-0.25, -0.2) is 4.98 Å². The molecule has 1 fully saturated rings. The first-order valence-corrected chi connectivity index (χ1v) is 7.73. The first-order valence-electron chi connectivity index (χ1n) is 6.85. The number of aromatic nitrogens is 1. The van der Waals surface area contributed by atoms with Crippen molar-refractivity contribution < 1.29 is 9.53 Å². The fourth-order valence-corrected chi connectivity index (χ4v) is 3.18.